The number of benzene rings is 1. The molecule has 3 rings (SSSR count). The van der Waals surface area contributed by atoms with E-state index in [-0.39, 0.29) is 24.2 Å². The summed E-state index contributed by atoms with van der Waals surface area (Å²) >= 11 is 0. The lowest BCUT2D eigenvalue weighted by molar-refractivity contribution is -0.132. The van der Waals surface area contributed by atoms with Gasteiger partial charge in [0.2, 0.25) is 0 Å². The highest BCUT2D eigenvalue weighted by atomic mass is 19.1. The first-order valence-corrected chi connectivity index (χ1v) is 7.69. The molecule has 2 aromatic rings. The van der Waals surface area contributed by atoms with Gasteiger partial charge >= 0.3 is 0 Å². The molecule has 1 aliphatic rings. The molecule has 1 amide bonds. The SMILES string of the molecule is Cc1cn(C)c(C2CCN(C(=O)COc3ccccc3F)C2)n1. The second-order valence-corrected chi connectivity index (χ2v) is 5.90. The summed E-state index contributed by atoms with van der Waals surface area (Å²) < 4.78 is 20.8. The Balaban J connectivity index is 1.57. The highest BCUT2D eigenvalue weighted by Gasteiger charge is 2.30. The molecule has 0 radical (unpaired) electrons. The zero-order chi connectivity index (χ0) is 16.4. The minimum absolute atomic E-state index is 0.108. The fourth-order valence-corrected chi connectivity index (χ4v) is 3.00. The maximum absolute atomic E-state index is 13.5. The van der Waals surface area contributed by atoms with Crippen LogP contribution in [-0.4, -0.2) is 40.1 Å². The third-order valence-electron chi connectivity index (χ3n) is 4.13. The summed E-state index contributed by atoms with van der Waals surface area (Å²) in [5, 5.41) is 0. The minimum Gasteiger partial charge on any atom is -0.481 e. The van der Waals surface area contributed by atoms with E-state index in [0.29, 0.717) is 13.1 Å². The number of para-hydroxylation sites is 1. The van der Waals surface area contributed by atoms with Crippen LogP contribution in [0.4, 0.5) is 4.39 Å². The van der Waals surface area contributed by atoms with Gasteiger partial charge in [-0.1, -0.05) is 12.1 Å². The van der Waals surface area contributed by atoms with Crippen LogP contribution in [0, 0.1) is 12.7 Å². The molecule has 1 aromatic heterocycles. The van der Waals surface area contributed by atoms with Crippen molar-refractivity contribution in [3.63, 3.8) is 0 Å². The van der Waals surface area contributed by atoms with Gasteiger partial charge in [-0.2, -0.15) is 0 Å². The number of hydrogen-bond acceptors (Lipinski definition) is 3. The molecule has 122 valence electrons. The van der Waals surface area contributed by atoms with E-state index in [2.05, 4.69) is 4.98 Å². The van der Waals surface area contributed by atoms with Gasteiger partial charge in [0.15, 0.2) is 18.2 Å². The van der Waals surface area contributed by atoms with Crippen LogP contribution >= 0.6 is 0 Å². The van der Waals surface area contributed by atoms with E-state index in [1.54, 1.807) is 17.0 Å². The summed E-state index contributed by atoms with van der Waals surface area (Å²) in [7, 11) is 1.97. The first-order valence-electron chi connectivity index (χ1n) is 7.69. The third kappa shape index (κ3) is 3.36. The average Bonchev–Trinajstić information content (AvgIpc) is 3.12. The number of rotatable bonds is 4. The van der Waals surface area contributed by atoms with Crippen molar-refractivity contribution >= 4 is 5.91 Å². The van der Waals surface area contributed by atoms with Gasteiger partial charge in [0.1, 0.15) is 5.82 Å². The lowest BCUT2D eigenvalue weighted by atomic mass is 10.1. The van der Waals surface area contributed by atoms with E-state index in [1.807, 2.05) is 24.7 Å². The Kier molecular flexibility index (Phi) is 4.32. The van der Waals surface area contributed by atoms with Gasteiger partial charge in [-0.05, 0) is 25.5 Å². The van der Waals surface area contributed by atoms with Crippen LogP contribution in [0.5, 0.6) is 5.75 Å². The van der Waals surface area contributed by atoms with Crippen molar-refractivity contribution in [3.05, 3.63) is 47.8 Å². The topological polar surface area (TPSA) is 47.4 Å². The highest BCUT2D eigenvalue weighted by molar-refractivity contribution is 5.78. The Bertz CT molecular complexity index is 714. The van der Waals surface area contributed by atoms with Gasteiger partial charge in [0.05, 0.1) is 5.69 Å². The molecule has 1 atom stereocenters. The Morgan fingerprint density at radius 1 is 1.43 bits per heavy atom. The third-order valence-corrected chi connectivity index (χ3v) is 4.13. The molecule has 2 heterocycles. The number of halogens is 1. The summed E-state index contributed by atoms with van der Waals surface area (Å²) in [4.78, 5) is 18.5. The Morgan fingerprint density at radius 2 is 2.22 bits per heavy atom. The predicted molar refractivity (Wildman–Crippen MR) is 83.8 cm³/mol. The lowest BCUT2D eigenvalue weighted by Crippen LogP contribution is -2.33. The maximum atomic E-state index is 13.5. The standard InChI is InChI=1S/C17H20FN3O2/c1-12-9-20(2)17(19-12)13-7-8-21(10-13)16(22)11-23-15-6-4-3-5-14(15)18/h3-6,9,13H,7-8,10-11H2,1-2H3. The zero-order valence-electron chi connectivity index (χ0n) is 13.3. The van der Waals surface area contributed by atoms with Gasteiger partial charge in [0, 0.05) is 32.3 Å². The molecule has 0 aliphatic carbocycles. The molecule has 1 saturated heterocycles. The summed E-state index contributed by atoms with van der Waals surface area (Å²) in [6, 6.07) is 6.10. The molecule has 5 nitrogen and oxygen atoms in total. The van der Waals surface area contributed by atoms with Crippen LogP contribution in [0.15, 0.2) is 30.5 Å². The largest absolute Gasteiger partial charge is 0.481 e. The second-order valence-electron chi connectivity index (χ2n) is 5.90. The highest BCUT2D eigenvalue weighted by Crippen LogP contribution is 2.26. The van der Waals surface area contributed by atoms with Gasteiger partial charge in [-0.15, -0.1) is 0 Å². The van der Waals surface area contributed by atoms with Crippen LogP contribution in [0.3, 0.4) is 0 Å². The number of hydrogen-bond donors (Lipinski definition) is 0. The van der Waals surface area contributed by atoms with Crippen LogP contribution in [-0.2, 0) is 11.8 Å². The number of likely N-dealkylation sites (tertiary alicyclic amines) is 1. The number of carbonyl (C=O) groups is 1. The van der Waals surface area contributed by atoms with E-state index in [0.717, 1.165) is 17.9 Å². The van der Waals surface area contributed by atoms with E-state index < -0.39 is 5.82 Å². The van der Waals surface area contributed by atoms with Crippen molar-refractivity contribution in [1.82, 2.24) is 14.5 Å². The van der Waals surface area contributed by atoms with Crippen molar-refractivity contribution in [2.45, 2.75) is 19.3 Å². The summed E-state index contributed by atoms with van der Waals surface area (Å²) in [6.07, 6.45) is 2.87. The normalized spacial score (nSPS) is 17.5. The Hall–Kier alpha value is -2.37. The number of nitrogens with zero attached hydrogens (tertiary/aromatic N) is 3. The summed E-state index contributed by atoms with van der Waals surface area (Å²) in [5.41, 5.74) is 0.982. The Morgan fingerprint density at radius 3 is 2.91 bits per heavy atom. The molecule has 0 saturated carbocycles. The van der Waals surface area contributed by atoms with Gasteiger partial charge in [-0.3, -0.25) is 4.79 Å². The Labute approximate surface area is 134 Å². The monoisotopic (exact) mass is 317 g/mol. The molecule has 1 aliphatic heterocycles. The van der Waals surface area contributed by atoms with E-state index in [4.69, 9.17) is 4.74 Å². The van der Waals surface area contributed by atoms with Crippen molar-refractivity contribution in [3.8, 4) is 5.75 Å². The number of imidazole rings is 1. The average molecular weight is 317 g/mol. The quantitative estimate of drug-likeness (QED) is 0.869. The minimum atomic E-state index is -0.455. The van der Waals surface area contributed by atoms with Gasteiger partial charge in [-0.25, -0.2) is 9.37 Å². The zero-order valence-corrected chi connectivity index (χ0v) is 13.3. The molecular weight excluding hydrogens is 297 g/mol. The predicted octanol–water partition coefficient (Wildman–Crippen LogP) is 2.26. The van der Waals surface area contributed by atoms with Crippen LogP contribution in [0.25, 0.3) is 0 Å². The number of aromatic nitrogens is 2. The molecule has 1 fully saturated rings. The first kappa shape index (κ1) is 15.5. The van der Waals surface area contributed by atoms with Crippen LogP contribution in [0.1, 0.15) is 23.9 Å². The molecule has 0 N–H and O–H groups in total. The van der Waals surface area contributed by atoms with E-state index in [1.165, 1.54) is 12.1 Å². The van der Waals surface area contributed by atoms with Gasteiger partial charge in [0.25, 0.3) is 5.91 Å². The smallest absolute Gasteiger partial charge is 0.260 e. The molecule has 1 aromatic carbocycles. The van der Waals surface area contributed by atoms with E-state index in [9.17, 15) is 9.18 Å². The number of carbonyl (C=O) groups excluding carboxylic acids is 1. The molecular formula is C17H20FN3O2. The maximum Gasteiger partial charge on any atom is 0.260 e. The number of ether oxygens (including phenoxy) is 1. The van der Waals surface area contributed by atoms with Crippen LogP contribution < -0.4 is 4.74 Å². The molecule has 1 unspecified atom stereocenters. The first-order chi connectivity index (χ1) is 11.0. The van der Waals surface area contributed by atoms with Crippen molar-refractivity contribution in [1.29, 1.82) is 0 Å². The van der Waals surface area contributed by atoms with Crippen molar-refractivity contribution < 1.29 is 13.9 Å². The molecule has 0 bridgehead atoms. The van der Waals surface area contributed by atoms with Crippen molar-refractivity contribution in [2.75, 3.05) is 19.7 Å². The lowest BCUT2D eigenvalue weighted by Gasteiger charge is -2.17. The summed E-state index contributed by atoms with van der Waals surface area (Å²) in [6.45, 7) is 3.12. The van der Waals surface area contributed by atoms with Gasteiger partial charge < -0.3 is 14.2 Å². The number of aryl methyl sites for hydroxylation is 2. The number of amides is 1. The molecule has 0 spiro atoms. The van der Waals surface area contributed by atoms with Crippen molar-refractivity contribution in [2.24, 2.45) is 7.05 Å². The van der Waals surface area contributed by atoms with E-state index >= 15 is 0 Å². The molecule has 6 heteroatoms. The van der Waals surface area contributed by atoms with Crippen LogP contribution in [0.2, 0.25) is 0 Å². The summed E-state index contributed by atoms with van der Waals surface area (Å²) in [5.74, 6) is 0.778. The second kappa shape index (κ2) is 6.40. The fraction of sp³-hybridized carbons (Fsp3) is 0.412. The fourth-order valence-electron chi connectivity index (χ4n) is 3.00. The molecule has 23 heavy (non-hydrogen) atoms.